The number of hydrogen-bond donors (Lipinski definition) is 1. The van der Waals surface area contributed by atoms with E-state index in [1.54, 1.807) is 32.0 Å². The van der Waals surface area contributed by atoms with Crippen LogP contribution in [0.4, 0.5) is 5.69 Å². The second-order valence-corrected chi connectivity index (χ2v) is 11.7. The Morgan fingerprint density at radius 2 is 1.58 bits per heavy atom. The SMILES string of the molecule is CC[C@@H](C(=O)N[C@H](C)c1ccc(S(C)(=O)=O)cc1)N(c1cc(C)ccc1C)S(C)(=O)=O. The summed E-state index contributed by atoms with van der Waals surface area (Å²) in [7, 11) is -7.04. The number of benzene rings is 2. The molecule has 1 N–H and O–H groups in total. The summed E-state index contributed by atoms with van der Waals surface area (Å²) in [5.41, 5.74) is 2.85. The lowest BCUT2D eigenvalue weighted by molar-refractivity contribution is -0.122. The molecule has 9 heteroatoms. The summed E-state index contributed by atoms with van der Waals surface area (Å²) in [6.45, 7) is 7.21. The van der Waals surface area contributed by atoms with Crippen molar-refractivity contribution < 1.29 is 21.6 Å². The molecule has 2 atom stereocenters. The monoisotopic (exact) mass is 466 g/mol. The zero-order valence-corrected chi connectivity index (χ0v) is 20.3. The molecule has 2 aromatic carbocycles. The van der Waals surface area contributed by atoms with Gasteiger partial charge >= 0.3 is 0 Å². The fourth-order valence-electron chi connectivity index (χ4n) is 3.39. The molecule has 0 bridgehead atoms. The van der Waals surface area contributed by atoms with Gasteiger partial charge in [-0.05, 0) is 62.1 Å². The van der Waals surface area contributed by atoms with Crippen LogP contribution >= 0.6 is 0 Å². The molecule has 0 heterocycles. The number of rotatable bonds is 8. The van der Waals surface area contributed by atoms with Crippen molar-refractivity contribution in [2.75, 3.05) is 16.8 Å². The second kappa shape index (κ2) is 9.40. The van der Waals surface area contributed by atoms with Crippen molar-refractivity contribution in [3.63, 3.8) is 0 Å². The summed E-state index contributed by atoms with van der Waals surface area (Å²) in [6, 6.07) is 10.4. The van der Waals surface area contributed by atoms with Crippen LogP contribution in [0.5, 0.6) is 0 Å². The van der Waals surface area contributed by atoms with Gasteiger partial charge in [0.25, 0.3) is 0 Å². The van der Waals surface area contributed by atoms with Crippen molar-refractivity contribution in [3.05, 3.63) is 59.2 Å². The van der Waals surface area contributed by atoms with E-state index in [1.165, 1.54) is 16.4 Å². The first-order valence-electron chi connectivity index (χ1n) is 9.92. The average Bonchev–Trinajstić information content (AvgIpc) is 2.66. The summed E-state index contributed by atoms with van der Waals surface area (Å²) >= 11 is 0. The Bertz CT molecular complexity index is 1160. The number of aryl methyl sites for hydroxylation is 2. The molecule has 0 saturated carbocycles. The van der Waals surface area contributed by atoms with E-state index in [0.717, 1.165) is 23.6 Å². The van der Waals surface area contributed by atoms with E-state index >= 15 is 0 Å². The van der Waals surface area contributed by atoms with E-state index in [4.69, 9.17) is 0 Å². The maximum absolute atomic E-state index is 13.1. The van der Waals surface area contributed by atoms with Crippen LogP contribution in [0.1, 0.15) is 43.0 Å². The summed E-state index contributed by atoms with van der Waals surface area (Å²) in [4.78, 5) is 13.3. The van der Waals surface area contributed by atoms with Crippen molar-refractivity contribution in [2.45, 2.75) is 51.1 Å². The maximum Gasteiger partial charge on any atom is 0.244 e. The van der Waals surface area contributed by atoms with Gasteiger partial charge in [-0.1, -0.05) is 31.2 Å². The van der Waals surface area contributed by atoms with Crippen LogP contribution in [-0.4, -0.2) is 41.3 Å². The number of carbonyl (C=O) groups is 1. The van der Waals surface area contributed by atoms with Gasteiger partial charge in [-0.15, -0.1) is 0 Å². The third-order valence-corrected chi connectivity index (χ3v) is 7.39. The third kappa shape index (κ3) is 6.07. The molecule has 2 aromatic rings. The zero-order chi connectivity index (χ0) is 23.6. The molecular weight excluding hydrogens is 436 g/mol. The molecule has 0 spiro atoms. The quantitative estimate of drug-likeness (QED) is 0.644. The molecule has 0 aromatic heterocycles. The molecule has 2 rings (SSSR count). The summed E-state index contributed by atoms with van der Waals surface area (Å²) in [6.07, 6.45) is 2.51. The molecule has 0 radical (unpaired) electrons. The minimum atomic E-state index is -3.73. The highest BCUT2D eigenvalue weighted by Crippen LogP contribution is 2.28. The van der Waals surface area contributed by atoms with E-state index in [9.17, 15) is 21.6 Å². The molecule has 0 unspecified atom stereocenters. The van der Waals surface area contributed by atoms with Crippen molar-refractivity contribution in [3.8, 4) is 0 Å². The lowest BCUT2D eigenvalue weighted by Crippen LogP contribution is -2.50. The van der Waals surface area contributed by atoms with E-state index in [1.807, 2.05) is 26.0 Å². The van der Waals surface area contributed by atoms with E-state index < -0.39 is 37.9 Å². The van der Waals surface area contributed by atoms with E-state index in [0.29, 0.717) is 11.3 Å². The molecule has 0 fully saturated rings. The number of sulfone groups is 1. The second-order valence-electron chi connectivity index (χ2n) is 7.84. The van der Waals surface area contributed by atoms with Crippen LogP contribution in [0.3, 0.4) is 0 Å². The highest BCUT2D eigenvalue weighted by molar-refractivity contribution is 7.92. The highest BCUT2D eigenvalue weighted by atomic mass is 32.2. The fraction of sp³-hybridized carbons (Fsp3) is 0.409. The summed E-state index contributed by atoms with van der Waals surface area (Å²) in [5.74, 6) is -0.423. The van der Waals surface area contributed by atoms with Crippen LogP contribution in [0.25, 0.3) is 0 Å². The van der Waals surface area contributed by atoms with Crippen LogP contribution in [-0.2, 0) is 24.7 Å². The number of sulfonamides is 1. The van der Waals surface area contributed by atoms with Crippen LogP contribution in [0.15, 0.2) is 47.4 Å². The molecule has 170 valence electrons. The van der Waals surface area contributed by atoms with Gasteiger partial charge < -0.3 is 5.32 Å². The lowest BCUT2D eigenvalue weighted by atomic mass is 10.1. The standard InChI is InChI=1S/C22H30N2O5S2/c1-7-20(24(31(6,28)29)21-14-15(2)8-9-16(21)3)22(25)23-17(4)18-10-12-19(13-11-18)30(5,26)27/h8-14,17,20H,7H2,1-6H3,(H,23,25)/t17-,20+/m1/s1. The molecule has 0 saturated heterocycles. The number of nitrogens with one attached hydrogen (secondary N) is 1. The Morgan fingerprint density at radius 3 is 2.06 bits per heavy atom. The zero-order valence-electron chi connectivity index (χ0n) is 18.7. The van der Waals surface area contributed by atoms with Gasteiger partial charge in [0.1, 0.15) is 6.04 Å². The molecule has 0 aliphatic carbocycles. The van der Waals surface area contributed by atoms with Gasteiger partial charge in [-0.3, -0.25) is 9.10 Å². The normalized spacial score (nSPS) is 14.0. The van der Waals surface area contributed by atoms with E-state index in [-0.39, 0.29) is 11.3 Å². The minimum Gasteiger partial charge on any atom is -0.348 e. The third-order valence-electron chi connectivity index (χ3n) is 5.10. The van der Waals surface area contributed by atoms with Crippen LogP contribution < -0.4 is 9.62 Å². The Balaban J connectivity index is 2.34. The molecular formula is C22H30N2O5S2. The number of anilines is 1. The van der Waals surface area contributed by atoms with Gasteiger partial charge in [-0.2, -0.15) is 0 Å². The first kappa shape index (κ1) is 24.9. The Kier molecular flexibility index (Phi) is 7.54. The highest BCUT2D eigenvalue weighted by Gasteiger charge is 2.33. The van der Waals surface area contributed by atoms with Crippen LogP contribution in [0.2, 0.25) is 0 Å². The Morgan fingerprint density at radius 1 is 1.00 bits per heavy atom. The van der Waals surface area contributed by atoms with Crippen molar-refractivity contribution in [1.82, 2.24) is 5.32 Å². The topological polar surface area (TPSA) is 101 Å². The first-order valence-corrected chi connectivity index (χ1v) is 13.7. The molecule has 31 heavy (non-hydrogen) atoms. The largest absolute Gasteiger partial charge is 0.348 e. The van der Waals surface area contributed by atoms with Gasteiger partial charge in [0.05, 0.1) is 22.9 Å². The predicted molar refractivity (Wildman–Crippen MR) is 123 cm³/mol. The van der Waals surface area contributed by atoms with Crippen molar-refractivity contribution in [2.24, 2.45) is 0 Å². The van der Waals surface area contributed by atoms with Crippen LogP contribution in [0, 0.1) is 13.8 Å². The van der Waals surface area contributed by atoms with Gasteiger partial charge in [0, 0.05) is 6.26 Å². The predicted octanol–water partition coefficient (Wildman–Crippen LogP) is 3.13. The molecule has 1 amide bonds. The summed E-state index contributed by atoms with van der Waals surface area (Å²) in [5, 5.41) is 2.87. The fourth-order valence-corrected chi connectivity index (χ4v) is 5.28. The van der Waals surface area contributed by atoms with Gasteiger partial charge in [-0.25, -0.2) is 16.8 Å². The lowest BCUT2D eigenvalue weighted by Gasteiger charge is -2.32. The Labute approximate surface area is 185 Å². The maximum atomic E-state index is 13.1. The Hall–Kier alpha value is -2.39. The molecule has 0 aliphatic heterocycles. The smallest absolute Gasteiger partial charge is 0.244 e. The number of amides is 1. The van der Waals surface area contributed by atoms with E-state index in [2.05, 4.69) is 5.32 Å². The number of carbonyl (C=O) groups excluding carboxylic acids is 1. The summed E-state index contributed by atoms with van der Waals surface area (Å²) < 4.78 is 49.8. The van der Waals surface area contributed by atoms with Crippen molar-refractivity contribution in [1.29, 1.82) is 0 Å². The number of hydrogen-bond acceptors (Lipinski definition) is 5. The van der Waals surface area contributed by atoms with Gasteiger partial charge in [0.15, 0.2) is 9.84 Å². The first-order chi connectivity index (χ1) is 14.3. The van der Waals surface area contributed by atoms with Crippen molar-refractivity contribution >= 4 is 31.5 Å². The van der Waals surface area contributed by atoms with Gasteiger partial charge in [0.2, 0.25) is 15.9 Å². The number of nitrogens with zero attached hydrogens (tertiary/aromatic N) is 1. The molecule has 0 aliphatic rings. The molecule has 7 nitrogen and oxygen atoms in total. The minimum absolute atomic E-state index is 0.194. The average molecular weight is 467 g/mol.